The molecular formula is C12H8F3N3O. The van der Waals surface area contributed by atoms with Gasteiger partial charge in [-0.1, -0.05) is 0 Å². The minimum atomic E-state index is -4.38. The second kappa shape index (κ2) is 3.78. The van der Waals surface area contributed by atoms with Gasteiger partial charge in [-0.05, 0) is 24.3 Å². The van der Waals surface area contributed by atoms with Crippen LogP contribution in [0.2, 0.25) is 0 Å². The zero-order valence-electron chi connectivity index (χ0n) is 9.45. The van der Waals surface area contributed by atoms with E-state index in [4.69, 9.17) is 10.2 Å². The predicted molar refractivity (Wildman–Crippen MR) is 63.2 cm³/mol. The van der Waals surface area contributed by atoms with Gasteiger partial charge in [-0.2, -0.15) is 18.3 Å². The first kappa shape index (κ1) is 11.6. The number of nitrogen functional groups attached to an aromatic ring is 1. The number of alkyl halides is 3. The van der Waals surface area contributed by atoms with Crippen molar-refractivity contribution in [3.63, 3.8) is 0 Å². The lowest BCUT2D eigenvalue weighted by molar-refractivity contribution is -0.137. The number of halogens is 3. The molecule has 3 aromatic rings. The van der Waals surface area contributed by atoms with Crippen LogP contribution in [0.4, 0.5) is 18.9 Å². The maximum Gasteiger partial charge on any atom is 0.416 e. The molecule has 1 aromatic carbocycles. The zero-order valence-corrected chi connectivity index (χ0v) is 9.45. The predicted octanol–water partition coefficient (Wildman–Crippen LogP) is 3.42. The lowest BCUT2D eigenvalue weighted by Gasteiger charge is -2.04. The molecule has 0 atom stereocenters. The molecule has 0 radical (unpaired) electrons. The summed E-state index contributed by atoms with van der Waals surface area (Å²) in [5.74, 6) is 0.351. The van der Waals surface area contributed by atoms with Gasteiger partial charge in [-0.25, -0.2) is 0 Å². The van der Waals surface area contributed by atoms with E-state index in [2.05, 4.69) is 10.2 Å². The Bertz CT molecular complexity index is 742. The third-order valence-corrected chi connectivity index (χ3v) is 2.76. The third kappa shape index (κ3) is 1.92. The van der Waals surface area contributed by atoms with E-state index in [-0.39, 0.29) is 0 Å². The molecule has 0 aliphatic rings. The minimum absolute atomic E-state index is 0.351. The van der Waals surface area contributed by atoms with Crippen molar-refractivity contribution < 1.29 is 17.6 Å². The summed E-state index contributed by atoms with van der Waals surface area (Å²) in [4.78, 5) is 0. The molecule has 3 N–H and O–H groups in total. The molecule has 0 aliphatic heterocycles. The van der Waals surface area contributed by atoms with Crippen molar-refractivity contribution in [2.24, 2.45) is 0 Å². The topological polar surface area (TPSA) is 67.8 Å². The molecule has 0 unspecified atom stereocenters. The van der Waals surface area contributed by atoms with Gasteiger partial charge in [-0.15, -0.1) is 0 Å². The molecule has 2 heterocycles. The van der Waals surface area contributed by atoms with E-state index in [0.717, 1.165) is 12.1 Å². The average Bonchev–Trinajstić information content (AvgIpc) is 2.91. The number of benzene rings is 1. The zero-order chi connectivity index (χ0) is 13.6. The number of H-pyrrole nitrogens is 1. The van der Waals surface area contributed by atoms with Crippen LogP contribution in [-0.4, -0.2) is 10.2 Å². The quantitative estimate of drug-likeness (QED) is 0.709. The van der Waals surface area contributed by atoms with Crippen LogP contribution in [0.5, 0.6) is 0 Å². The van der Waals surface area contributed by atoms with Crippen molar-refractivity contribution in [1.82, 2.24) is 10.2 Å². The Labute approximate surface area is 105 Å². The summed E-state index contributed by atoms with van der Waals surface area (Å²) in [5.41, 5.74) is 6.12. The standard InChI is InChI=1S/C12H8F3N3O/c13-12(14,15)7-1-2-9-6(3-7)4-10(19-9)11-8(16)5-17-18-11/h1-5H,16H2,(H,17,18). The smallest absolute Gasteiger partial charge is 0.416 e. The first-order chi connectivity index (χ1) is 8.95. The fourth-order valence-electron chi connectivity index (χ4n) is 1.84. The summed E-state index contributed by atoms with van der Waals surface area (Å²) in [6, 6.07) is 4.80. The second-order valence-corrected chi connectivity index (χ2v) is 4.06. The van der Waals surface area contributed by atoms with E-state index in [1.165, 1.54) is 18.3 Å². The Morgan fingerprint density at radius 1 is 1.21 bits per heavy atom. The summed E-state index contributed by atoms with van der Waals surface area (Å²) >= 11 is 0. The van der Waals surface area contributed by atoms with E-state index in [0.29, 0.717) is 28.1 Å². The number of aromatic amines is 1. The Morgan fingerprint density at radius 3 is 2.63 bits per heavy atom. The molecule has 98 valence electrons. The molecule has 0 aliphatic carbocycles. The number of nitrogens with one attached hydrogen (secondary N) is 1. The second-order valence-electron chi connectivity index (χ2n) is 4.06. The fourth-order valence-corrected chi connectivity index (χ4v) is 1.84. The summed E-state index contributed by atoms with van der Waals surface area (Å²) in [6.45, 7) is 0. The Balaban J connectivity index is 2.14. The van der Waals surface area contributed by atoms with Crippen LogP contribution in [0.3, 0.4) is 0 Å². The van der Waals surface area contributed by atoms with Gasteiger partial charge in [0.2, 0.25) is 0 Å². The van der Waals surface area contributed by atoms with Gasteiger partial charge in [0.1, 0.15) is 11.3 Å². The molecule has 4 nitrogen and oxygen atoms in total. The highest BCUT2D eigenvalue weighted by atomic mass is 19.4. The molecule has 0 spiro atoms. The van der Waals surface area contributed by atoms with Crippen molar-refractivity contribution in [2.45, 2.75) is 6.18 Å². The van der Waals surface area contributed by atoms with Crippen LogP contribution in [0.1, 0.15) is 5.56 Å². The number of nitrogens with two attached hydrogens (primary N) is 1. The van der Waals surface area contributed by atoms with Gasteiger partial charge in [0, 0.05) is 5.39 Å². The highest BCUT2D eigenvalue weighted by molar-refractivity contribution is 5.84. The number of nitrogens with zero attached hydrogens (tertiary/aromatic N) is 1. The fraction of sp³-hybridized carbons (Fsp3) is 0.0833. The monoisotopic (exact) mass is 267 g/mol. The number of fused-ring (bicyclic) bond motifs is 1. The van der Waals surface area contributed by atoms with Gasteiger partial charge in [0.15, 0.2) is 5.76 Å². The van der Waals surface area contributed by atoms with E-state index in [9.17, 15) is 13.2 Å². The molecule has 0 saturated carbocycles. The van der Waals surface area contributed by atoms with Crippen LogP contribution in [0.25, 0.3) is 22.4 Å². The normalized spacial score (nSPS) is 12.2. The first-order valence-corrected chi connectivity index (χ1v) is 5.35. The summed E-state index contributed by atoms with van der Waals surface area (Å²) in [7, 11) is 0. The van der Waals surface area contributed by atoms with Crippen LogP contribution in [0, 0.1) is 0 Å². The highest BCUT2D eigenvalue weighted by Crippen LogP contribution is 2.34. The van der Waals surface area contributed by atoms with Crippen molar-refractivity contribution in [2.75, 3.05) is 5.73 Å². The number of hydrogen-bond donors (Lipinski definition) is 2. The highest BCUT2D eigenvalue weighted by Gasteiger charge is 2.30. The molecule has 2 aromatic heterocycles. The molecule has 3 rings (SSSR count). The van der Waals surface area contributed by atoms with Crippen molar-refractivity contribution >= 4 is 16.7 Å². The van der Waals surface area contributed by atoms with Crippen molar-refractivity contribution in [3.05, 3.63) is 36.0 Å². The van der Waals surface area contributed by atoms with Gasteiger partial charge < -0.3 is 10.2 Å². The van der Waals surface area contributed by atoms with E-state index in [1.54, 1.807) is 0 Å². The molecule has 0 amide bonds. The van der Waals surface area contributed by atoms with E-state index < -0.39 is 11.7 Å². The summed E-state index contributed by atoms with van der Waals surface area (Å²) < 4.78 is 43.2. The lowest BCUT2D eigenvalue weighted by atomic mass is 10.1. The first-order valence-electron chi connectivity index (χ1n) is 5.35. The van der Waals surface area contributed by atoms with Crippen LogP contribution in [-0.2, 0) is 6.18 Å². The van der Waals surface area contributed by atoms with Crippen molar-refractivity contribution in [3.8, 4) is 11.5 Å². The number of hydrogen-bond acceptors (Lipinski definition) is 3. The summed E-state index contributed by atoms with van der Waals surface area (Å²) in [6.07, 6.45) is -2.97. The maximum absolute atomic E-state index is 12.6. The number of aromatic nitrogens is 2. The molecule has 7 heteroatoms. The Morgan fingerprint density at radius 2 is 2.00 bits per heavy atom. The van der Waals surface area contributed by atoms with Crippen LogP contribution in [0.15, 0.2) is 34.9 Å². The summed E-state index contributed by atoms with van der Waals surface area (Å²) in [5, 5.41) is 6.73. The minimum Gasteiger partial charge on any atom is -0.454 e. The largest absolute Gasteiger partial charge is 0.454 e. The lowest BCUT2D eigenvalue weighted by Crippen LogP contribution is -2.03. The van der Waals surface area contributed by atoms with Gasteiger partial charge in [0.25, 0.3) is 0 Å². The molecule has 0 saturated heterocycles. The average molecular weight is 267 g/mol. The van der Waals surface area contributed by atoms with Crippen molar-refractivity contribution in [1.29, 1.82) is 0 Å². The van der Waals surface area contributed by atoms with Crippen LogP contribution >= 0.6 is 0 Å². The third-order valence-electron chi connectivity index (χ3n) is 2.76. The Hall–Kier alpha value is -2.44. The van der Waals surface area contributed by atoms with Gasteiger partial charge in [0.05, 0.1) is 17.4 Å². The number of furan rings is 1. The molecule has 19 heavy (non-hydrogen) atoms. The molecule has 0 bridgehead atoms. The van der Waals surface area contributed by atoms with Gasteiger partial charge in [-0.3, -0.25) is 5.10 Å². The van der Waals surface area contributed by atoms with E-state index >= 15 is 0 Å². The number of rotatable bonds is 1. The van der Waals surface area contributed by atoms with E-state index in [1.807, 2.05) is 0 Å². The Kier molecular flexibility index (Phi) is 2.31. The number of anilines is 1. The van der Waals surface area contributed by atoms with Gasteiger partial charge >= 0.3 is 6.18 Å². The molecular weight excluding hydrogens is 259 g/mol. The SMILES string of the molecule is Nc1cn[nH]c1-c1cc2cc(C(F)(F)F)ccc2o1. The van der Waals surface area contributed by atoms with Crippen LogP contribution < -0.4 is 5.73 Å². The maximum atomic E-state index is 12.6. The molecule has 0 fully saturated rings.